The molecule has 1 atom stereocenters. The van der Waals surface area contributed by atoms with E-state index in [1.54, 1.807) is 11.3 Å². The zero-order valence-corrected chi connectivity index (χ0v) is 12.5. The van der Waals surface area contributed by atoms with Crippen LogP contribution in [-0.2, 0) is 0 Å². The van der Waals surface area contributed by atoms with Gasteiger partial charge in [0, 0.05) is 29.5 Å². The van der Waals surface area contributed by atoms with Crippen molar-refractivity contribution in [2.45, 2.75) is 25.8 Å². The first kappa shape index (κ1) is 13.7. The number of hydrogen-bond donors (Lipinski definition) is 2. The molecule has 1 heterocycles. The molecule has 0 aliphatic heterocycles. The molecule has 0 bridgehead atoms. The van der Waals surface area contributed by atoms with Gasteiger partial charge in [0.25, 0.3) is 0 Å². The van der Waals surface area contributed by atoms with Crippen molar-refractivity contribution in [2.75, 3.05) is 13.2 Å². The largest absolute Gasteiger partial charge is 0.396 e. The molecule has 1 aromatic carbocycles. The lowest BCUT2D eigenvalue weighted by Gasteiger charge is -2.16. The van der Waals surface area contributed by atoms with E-state index < -0.39 is 0 Å². The molecule has 3 rings (SSSR count). The van der Waals surface area contributed by atoms with Crippen molar-refractivity contribution in [1.29, 1.82) is 0 Å². The molecule has 4 heteroatoms. The van der Waals surface area contributed by atoms with Crippen LogP contribution in [0.3, 0.4) is 0 Å². The van der Waals surface area contributed by atoms with Crippen molar-refractivity contribution in [2.24, 2.45) is 5.41 Å². The molecule has 0 radical (unpaired) electrons. The van der Waals surface area contributed by atoms with Crippen LogP contribution in [0.4, 0.5) is 0 Å². The van der Waals surface area contributed by atoms with E-state index in [1.807, 2.05) is 18.2 Å². The molecule has 1 aliphatic carbocycles. The van der Waals surface area contributed by atoms with Crippen LogP contribution in [0.25, 0.3) is 11.3 Å². The highest BCUT2D eigenvalue weighted by Gasteiger charge is 2.41. The second-order valence-corrected chi connectivity index (χ2v) is 6.59. The number of aliphatic hydroxyl groups excluding tert-OH is 1. The van der Waals surface area contributed by atoms with Crippen LogP contribution < -0.4 is 5.32 Å². The third-order valence-corrected chi connectivity index (χ3v) is 5.07. The van der Waals surface area contributed by atoms with Gasteiger partial charge in [-0.1, -0.05) is 30.3 Å². The predicted molar refractivity (Wildman–Crippen MR) is 82.7 cm³/mol. The second-order valence-electron chi connectivity index (χ2n) is 5.70. The Morgan fingerprint density at radius 3 is 2.75 bits per heavy atom. The summed E-state index contributed by atoms with van der Waals surface area (Å²) in [4.78, 5) is 4.72. The molecule has 106 valence electrons. The van der Waals surface area contributed by atoms with E-state index in [4.69, 9.17) is 4.98 Å². The molecule has 0 amide bonds. The number of hydrogen-bond acceptors (Lipinski definition) is 4. The van der Waals surface area contributed by atoms with Gasteiger partial charge in [-0.3, -0.25) is 0 Å². The van der Waals surface area contributed by atoms with E-state index in [1.165, 1.54) is 0 Å². The molecule has 1 aromatic heterocycles. The number of thiazole rings is 1. The first-order valence-corrected chi connectivity index (χ1v) is 7.95. The summed E-state index contributed by atoms with van der Waals surface area (Å²) >= 11 is 1.69. The van der Waals surface area contributed by atoms with Gasteiger partial charge in [0.15, 0.2) is 0 Å². The van der Waals surface area contributed by atoms with Crippen LogP contribution in [0, 0.1) is 5.41 Å². The minimum absolute atomic E-state index is 0.147. The lowest BCUT2D eigenvalue weighted by atomic mass is 10.1. The van der Waals surface area contributed by atoms with E-state index in [9.17, 15) is 5.11 Å². The highest BCUT2D eigenvalue weighted by Crippen LogP contribution is 2.44. The maximum atomic E-state index is 9.34. The van der Waals surface area contributed by atoms with Crippen LogP contribution in [0.5, 0.6) is 0 Å². The molecule has 1 unspecified atom stereocenters. The van der Waals surface area contributed by atoms with Gasteiger partial charge in [-0.05, 0) is 19.8 Å². The number of benzene rings is 1. The molecule has 20 heavy (non-hydrogen) atoms. The van der Waals surface area contributed by atoms with Gasteiger partial charge in [0.1, 0.15) is 5.01 Å². The van der Waals surface area contributed by atoms with Crippen LogP contribution in [0.15, 0.2) is 35.7 Å². The fourth-order valence-corrected chi connectivity index (χ4v) is 3.11. The summed E-state index contributed by atoms with van der Waals surface area (Å²) in [7, 11) is 0. The van der Waals surface area contributed by atoms with E-state index in [2.05, 4.69) is 29.8 Å². The summed E-state index contributed by atoms with van der Waals surface area (Å²) < 4.78 is 0. The third-order valence-electron chi connectivity index (χ3n) is 4.04. The molecule has 1 aliphatic rings. The lowest BCUT2D eigenvalue weighted by molar-refractivity contribution is 0.204. The Kier molecular flexibility index (Phi) is 3.87. The molecule has 1 fully saturated rings. The summed E-state index contributed by atoms with van der Waals surface area (Å²) in [6.45, 7) is 3.31. The van der Waals surface area contributed by atoms with Gasteiger partial charge in [0.2, 0.25) is 0 Å². The van der Waals surface area contributed by atoms with Crippen molar-refractivity contribution in [3.05, 3.63) is 40.7 Å². The average molecular weight is 288 g/mol. The zero-order chi connectivity index (χ0) is 14.0. The van der Waals surface area contributed by atoms with Crippen LogP contribution in [0.1, 0.15) is 30.8 Å². The Morgan fingerprint density at radius 2 is 2.10 bits per heavy atom. The maximum absolute atomic E-state index is 9.34. The van der Waals surface area contributed by atoms with Gasteiger partial charge in [-0.2, -0.15) is 0 Å². The van der Waals surface area contributed by atoms with Gasteiger partial charge in [-0.25, -0.2) is 4.98 Å². The van der Waals surface area contributed by atoms with Crippen LogP contribution >= 0.6 is 11.3 Å². The molecule has 2 N–H and O–H groups in total. The first-order chi connectivity index (χ1) is 9.72. The van der Waals surface area contributed by atoms with Gasteiger partial charge in [-0.15, -0.1) is 11.3 Å². The van der Waals surface area contributed by atoms with Crippen LogP contribution in [0.2, 0.25) is 0 Å². The summed E-state index contributed by atoms with van der Waals surface area (Å²) in [5.41, 5.74) is 2.35. The number of nitrogens with zero attached hydrogens (tertiary/aromatic N) is 1. The van der Waals surface area contributed by atoms with Gasteiger partial charge < -0.3 is 10.4 Å². The minimum Gasteiger partial charge on any atom is -0.396 e. The predicted octanol–water partition coefficient (Wildman–Crippen LogP) is 3.23. The normalized spacial score (nSPS) is 17.9. The van der Waals surface area contributed by atoms with E-state index in [-0.39, 0.29) is 11.5 Å². The Hall–Kier alpha value is -1.23. The third kappa shape index (κ3) is 2.92. The highest BCUT2D eigenvalue weighted by molar-refractivity contribution is 7.10. The summed E-state index contributed by atoms with van der Waals surface area (Å²) in [6, 6.07) is 10.5. The van der Waals surface area contributed by atoms with Crippen molar-refractivity contribution >= 4 is 11.3 Å². The van der Waals surface area contributed by atoms with Crippen LogP contribution in [-0.4, -0.2) is 23.2 Å². The molecule has 3 nitrogen and oxygen atoms in total. The van der Waals surface area contributed by atoms with Crippen molar-refractivity contribution in [3.63, 3.8) is 0 Å². The lowest BCUT2D eigenvalue weighted by Crippen LogP contribution is -2.28. The Labute approximate surface area is 123 Å². The molecule has 0 spiro atoms. The van der Waals surface area contributed by atoms with Crippen molar-refractivity contribution in [1.82, 2.24) is 10.3 Å². The fraction of sp³-hybridized carbons (Fsp3) is 0.438. The molecule has 1 saturated carbocycles. The quantitative estimate of drug-likeness (QED) is 0.858. The number of aromatic nitrogens is 1. The number of nitrogens with one attached hydrogen (secondary N) is 1. The van der Waals surface area contributed by atoms with Gasteiger partial charge in [0.05, 0.1) is 11.7 Å². The van der Waals surface area contributed by atoms with E-state index >= 15 is 0 Å². The van der Waals surface area contributed by atoms with Crippen molar-refractivity contribution < 1.29 is 5.11 Å². The minimum atomic E-state index is 0.147. The average Bonchev–Trinajstić information content (AvgIpc) is 3.12. The molecular formula is C16H20N2OS. The van der Waals surface area contributed by atoms with E-state index in [0.717, 1.165) is 35.7 Å². The monoisotopic (exact) mass is 288 g/mol. The molecule has 2 aromatic rings. The number of aliphatic hydroxyl groups is 1. The van der Waals surface area contributed by atoms with Gasteiger partial charge >= 0.3 is 0 Å². The zero-order valence-electron chi connectivity index (χ0n) is 11.7. The maximum Gasteiger partial charge on any atom is 0.110 e. The Bertz CT molecular complexity index is 563. The fourth-order valence-electron chi connectivity index (χ4n) is 2.25. The Morgan fingerprint density at radius 1 is 1.35 bits per heavy atom. The Balaban J connectivity index is 1.64. The SMILES string of the molecule is CC(NCC1(CO)CC1)c1nc(-c2ccccc2)cs1. The van der Waals surface area contributed by atoms with E-state index in [0.29, 0.717) is 6.61 Å². The second kappa shape index (κ2) is 5.64. The number of rotatable bonds is 6. The molecular weight excluding hydrogens is 268 g/mol. The van der Waals surface area contributed by atoms with Crippen molar-refractivity contribution in [3.8, 4) is 11.3 Å². The smallest absolute Gasteiger partial charge is 0.110 e. The summed E-state index contributed by atoms with van der Waals surface area (Å²) in [5.74, 6) is 0. The summed E-state index contributed by atoms with van der Waals surface area (Å²) in [6.07, 6.45) is 2.27. The topological polar surface area (TPSA) is 45.1 Å². The summed E-state index contributed by atoms with van der Waals surface area (Å²) in [5, 5.41) is 16.1. The first-order valence-electron chi connectivity index (χ1n) is 7.08. The molecule has 0 saturated heterocycles. The standard InChI is InChI=1S/C16H20N2OS/c1-12(17-10-16(11-19)7-8-16)15-18-14(9-20-15)13-5-3-2-4-6-13/h2-6,9,12,17,19H,7-8,10-11H2,1H3. The highest BCUT2D eigenvalue weighted by atomic mass is 32.1.